The molecule has 0 aliphatic carbocycles. The Kier molecular flexibility index (Phi) is 6.43. The molecule has 0 amide bonds. The molecule has 0 atom stereocenters. The zero-order chi connectivity index (χ0) is 14.4. The van der Waals surface area contributed by atoms with Crippen molar-refractivity contribution < 1.29 is 0 Å². The van der Waals surface area contributed by atoms with Gasteiger partial charge in [0.05, 0.1) is 0 Å². The minimum Gasteiger partial charge on any atom is -0.314 e. The van der Waals surface area contributed by atoms with Crippen LogP contribution in [0.2, 0.25) is 0 Å². The van der Waals surface area contributed by atoms with Crippen molar-refractivity contribution in [1.29, 1.82) is 0 Å². The highest BCUT2D eigenvalue weighted by atomic mass is 14.9. The number of hydrogen-bond donors (Lipinski definition) is 1. The maximum absolute atomic E-state index is 4.76. The summed E-state index contributed by atoms with van der Waals surface area (Å²) in [6.45, 7) is 14.1. The number of aryl methyl sites for hydroxylation is 2. The number of hydrogen-bond acceptors (Lipinski definition) is 3. The van der Waals surface area contributed by atoms with Gasteiger partial charge in [-0.25, -0.2) is 9.97 Å². The molecule has 0 radical (unpaired) electrons. The molecule has 1 heterocycles. The van der Waals surface area contributed by atoms with Crippen molar-refractivity contribution in [3.05, 3.63) is 22.8 Å². The highest BCUT2D eigenvalue weighted by molar-refractivity contribution is 5.27. The van der Waals surface area contributed by atoms with E-state index in [2.05, 4.69) is 46.9 Å². The van der Waals surface area contributed by atoms with Crippen LogP contribution in [-0.2, 0) is 19.3 Å². The molecule has 1 N–H and O–H groups in total. The first-order valence-electron chi connectivity index (χ1n) is 7.61. The molecule has 3 nitrogen and oxygen atoms in total. The average Bonchev–Trinajstić information content (AvgIpc) is 2.37. The van der Waals surface area contributed by atoms with Gasteiger partial charge in [-0.15, -0.1) is 0 Å². The van der Waals surface area contributed by atoms with Crippen molar-refractivity contribution in [1.82, 2.24) is 15.3 Å². The van der Waals surface area contributed by atoms with E-state index in [0.29, 0.717) is 12.0 Å². The molecule has 0 aliphatic rings. The van der Waals surface area contributed by atoms with E-state index in [9.17, 15) is 0 Å². The second-order valence-corrected chi connectivity index (χ2v) is 5.67. The first-order chi connectivity index (χ1) is 8.99. The predicted octanol–water partition coefficient (Wildman–Crippen LogP) is 3.27. The summed E-state index contributed by atoms with van der Waals surface area (Å²) in [5.41, 5.74) is 3.84. The van der Waals surface area contributed by atoms with E-state index in [1.807, 2.05) is 0 Å². The maximum Gasteiger partial charge on any atom is 0.131 e. The van der Waals surface area contributed by atoms with Gasteiger partial charge in [0.25, 0.3) is 0 Å². The summed E-state index contributed by atoms with van der Waals surface area (Å²) in [5.74, 6) is 1.40. The number of aromatic nitrogens is 2. The summed E-state index contributed by atoms with van der Waals surface area (Å²) in [6.07, 6.45) is 3.02. The minimum atomic E-state index is 0.401. The van der Waals surface area contributed by atoms with Crippen LogP contribution < -0.4 is 5.32 Å². The highest BCUT2D eigenvalue weighted by Crippen LogP contribution is 2.18. The van der Waals surface area contributed by atoms with E-state index < -0.39 is 0 Å². The molecule has 3 heteroatoms. The quantitative estimate of drug-likeness (QED) is 0.820. The van der Waals surface area contributed by atoms with Crippen molar-refractivity contribution in [3.63, 3.8) is 0 Å². The zero-order valence-corrected chi connectivity index (χ0v) is 13.4. The number of nitrogens with one attached hydrogen (secondary N) is 1. The van der Waals surface area contributed by atoms with Crippen molar-refractivity contribution in [3.8, 4) is 0 Å². The monoisotopic (exact) mass is 263 g/mol. The van der Waals surface area contributed by atoms with E-state index in [-0.39, 0.29) is 0 Å². The second kappa shape index (κ2) is 7.59. The van der Waals surface area contributed by atoms with E-state index in [0.717, 1.165) is 31.6 Å². The molecule has 19 heavy (non-hydrogen) atoms. The summed E-state index contributed by atoms with van der Waals surface area (Å²) >= 11 is 0. The van der Waals surface area contributed by atoms with Crippen molar-refractivity contribution in [2.24, 2.45) is 0 Å². The largest absolute Gasteiger partial charge is 0.314 e. The molecule has 0 fully saturated rings. The van der Waals surface area contributed by atoms with Crippen molar-refractivity contribution >= 4 is 0 Å². The fourth-order valence-electron chi connectivity index (χ4n) is 2.22. The molecule has 0 saturated heterocycles. The van der Waals surface area contributed by atoms with Crippen molar-refractivity contribution in [2.75, 3.05) is 6.54 Å². The molecule has 1 rings (SSSR count). The Hall–Kier alpha value is -0.960. The smallest absolute Gasteiger partial charge is 0.131 e. The van der Waals surface area contributed by atoms with Crippen LogP contribution in [0, 0.1) is 0 Å². The molecule has 0 bridgehead atoms. The van der Waals surface area contributed by atoms with E-state index in [4.69, 9.17) is 9.97 Å². The lowest BCUT2D eigenvalue weighted by atomic mass is 10.0. The Morgan fingerprint density at radius 1 is 0.947 bits per heavy atom. The first-order valence-corrected chi connectivity index (χ1v) is 7.61. The minimum absolute atomic E-state index is 0.401. The van der Waals surface area contributed by atoms with Gasteiger partial charge in [-0.3, -0.25) is 0 Å². The molecule has 0 saturated carbocycles. The summed E-state index contributed by atoms with van der Waals surface area (Å²) in [6, 6.07) is 0.533. The lowest BCUT2D eigenvalue weighted by molar-refractivity contribution is 0.585. The third kappa shape index (κ3) is 4.57. The maximum atomic E-state index is 4.76. The van der Waals surface area contributed by atoms with E-state index >= 15 is 0 Å². The predicted molar refractivity (Wildman–Crippen MR) is 81.7 cm³/mol. The van der Waals surface area contributed by atoms with Gasteiger partial charge in [0, 0.05) is 23.3 Å². The van der Waals surface area contributed by atoms with Gasteiger partial charge in [0.15, 0.2) is 0 Å². The van der Waals surface area contributed by atoms with Crippen LogP contribution in [0.25, 0.3) is 0 Å². The lowest BCUT2D eigenvalue weighted by Crippen LogP contribution is -2.26. The van der Waals surface area contributed by atoms with Crippen LogP contribution in [0.4, 0.5) is 0 Å². The van der Waals surface area contributed by atoms with Gasteiger partial charge in [0.1, 0.15) is 5.82 Å². The van der Waals surface area contributed by atoms with Crippen molar-refractivity contribution in [2.45, 2.75) is 72.8 Å². The van der Waals surface area contributed by atoms with E-state index in [1.54, 1.807) is 0 Å². The molecular formula is C16H29N3. The van der Waals surface area contributed by atoms with Crippen LogP contribution in [0.3, 0.4) is 0 Å². The molecule has 1 aromatic heterocycles. The van der Waals surface area contributed by atoms with Gasteiger partial charge in [-0.05, 0) is 31.4 Å². The molecule has 0 aliphatic heterocycles. The van der Waals surface area contributed by atoms with Gasteiger partial charge in [0.2, 0.25) is 0 Å². The van der Waals surface area contributed by atoms with Gasteiger partial charge < -0.3 is 5.32 Å². The SMILES string of the molecule is CCc1nc(C(C)C)nc(CC)c1CCNC(C)C. The molecule has 1 aromatic rings. The third-order valence-corrected chi connectivity index (χ3v) is 3.31. The highest BCUT2D eigenvalue weighted by Gasteiger charge is 2.13. The molecular weight excluding hydrogens is 234 g/mol. The Bertz CT molecular complexity index is 372. The fraction of sp³-hybridized carbons (Fsp3) is 0.750. The number of nitrogens with zero attached hydrogens (tertiary/aromatic N) is 2. The van der Waals surface area contributed by atoms with Crippen LogP contribution in [0.5, 0.6) is 0 Å². The van der Waals surface area contributed by atoms with Gasteiger partial charge in [-0.1, -0.05) is 41.5 Å². The lowest BCUT2D eigenvalue weighted by Gasteiger charge is -2.16. The standard InChI is InChI=1S/C16H29N3/c1-7-14-13(9-10-17-12(5)6)15(8-2)19-16(18-14)11(3)4/h11-12,17H,7-10H2,1-6H3. The Morgan fingerprint density at radius 3 is 1.84 bits per heavy atom. The summed E-state index contributed by atoms with van der Waals surface area (Å²) in [5, 5.41) is 3.48. The summed E-state index contributed by atoms with van der Waals surface area (Å²) in [4.78, 5) is 9.52. The van der Waals surface area contributed by atoms with Crippen LogP contribution in [0.1, 0.15) is 70.2 Å². The van der Waals surface area contributed by atoms with Crippen LogP contribution >= 0.6 is 0 Å². The molecule has 0 unspecified atom stereocenters. The van der Waals surface area contributed by atoms with E-state index in [1.165, 1.54) is 17.0 Å². The number of rotatable bonds is 7. The normalized spacial score (nSPS) is 11.6. The Labute approximate surface area is 118 Å². The molecule has 0 aromatic carbocycles. The third-order valence-electron chi connectivity index (χ3n) is 3.31. The molecule has 0 spiro atoms. The van der Waals surface area contributed by atoms with Gasteiger partial charge >= 0.3 is 0 Å². The topological polar surface area (TPSA) is 37.8 Å². The average molecular weight is 263 g/mol. The zero-order valence-electron chi connectivity index (χ0n) is 13.4. The van der Waals surface area contributed by atoms with Crippen LogP contribution in [0.15, 0.2) is 0 Å². The Balaban J connectivity index is 3.00. The summed E-state index contributed by atoms with van der Waals surface area (Å²) < 4.78 is 0. The fourth-order valence-corrected chi connectivity index (χ4v) is 2.22. The van der Waals surface area contributed by atoms with Crippen LogP contribution in [-0.4, -0.2) is 22.6 Å². The Morgan fingerprint density at radius 2 is 1.47 bits per heavy atom. The van der Waals surface area contributed by atoms with Gasteiger partial charge in [-0.2, -0.15) is 0 Å². The second-order valence-electron chi connectivity index (χ2n) is 5.67. The summed E-state index contributed by atoms with van der Waals surface area (Å²) in [7, 11) is 0. The molecule has 108 valence electrons. The first kappa shape index (κ1) is 16.1.